The molecule has 0 amide bonds. The van der Waals surface area contributed by atoms with Crippen molar-refractivity contribution in [3.63, 3.8) is 0 Å². The van der Waals surface area contributed by atoms with Gasteiger partial charge in [0.05, 0.1) is 6.20 Å². The lowest BCUT2D eigenvalue weighted by Gasteiger charge is -2.05. The van der Waals surface area contributed by atoms with Gasteiger partial charge in [0, 0.05) is 24.4 Å². The molecule has 3 aromatic rings. The van der Waals surface area contributed by atoms with E-state index >= 15 is 0 Å². The molecular formula is C16H17N5. The second-order valence-electron chi connectivity index (χ2n) is 4.73. The standard InChI is InChI=1S/C16H17N5/c1-2-8-17-15-9-16(19-12-18-15)21-11-14(10-20-21)13-6-4-3-5-7-13/h3-7,9-12H,2,8H2,1H3,(H,17,18,19). The normalized spacial score (nSPS) is 10.5. The van der Waals surface area contributed by atoms with Gasteiger partial charge in [0.1, 0.15) is 12.1 Å². The number of benzene rings is 1. The quantitative estimate of drug-likeness (QED) is 0.779. The summed E-state index contributed by atoms with van der Waals surface area (Å²) < 4.78 is 1.77. The van der Waals surface area contributed by atoms with Crippen molar-refractivity contribution in [2.24, 2.45) is 0 Å². The van der Waals surface area contributed by atoms with Crippen molar-refractivity contribution in [1.82, 2.24) is 19.7 Å². The summed E-state index contributed by atoms with van der Waals surface area (Å²) in [7, 11) is 0. The molecule has 106 valence electrons. The highest BCUT2D eigenvalue weighted by Gasteiger charge is 2.05. The van der Waals surface area contributed by atoms with Crippen molar-refractivity contribution in [3.8, 4) is 16.9 Å². The molecule has 0 saturated carbocycles. The summed E-state index contributed by atoms with van der Waals surface area (Å²) in [4.78, 5) is 8.48. The van der Waals surface area contributed by atoms with Crippen LogP contribution in [0.3, 0.4) is 0 Å². The minimum absolute atomic E-state index is 0.755. The monoisotopic (exact) mass is 279 g/mol. The predicted octanol–water partition coefficient (Wildman–Crippen LogP) is 3.15. The Kier molecular flexibility index (Phi) is 3.91. The fourth-order valence-corrected chi connectivity index (χ4v) is 2.05. The van der Waals surface area contributed by atoms with Crippen molar-refractivity contribution in [2.45, 2.75) is 13.3 Å². The minimum atomic E-state index is 0.755. The number of aromatic nitrogens is 4. The van der Waals surface area contributed by atoms with Gasteiger partial charge >= 0.3 is 0 Å². The van der Waals surface area contributed by atoms with E-state index in [0.29, 0.717) is 0 Å². The minimum Gasteiger partial charge on any atom is -0.370 e. The Morgan fingerprint density at radius 2 is 1.95 bits per heavy atom. The number of hydrogen-bond donors (Lipinski definition) is 1. The summed E-state index contributed by atoms with van der Waals surface area (Å²) in [5.74, 6) is 1.57. The van der Waals surface area contributed by atoms with Gasteiger partial charge in [-0.1, -0.05) is 37.3 Å². The highest BCUT2D eigenvalue weighted by Crippen LogP contribution is 2.19. The number of hydrogen-bond acceptors (Lipinski definition) is 4. The molecule has 1 aromatic carbocycles. The Labute approximate surface area is 123 Å². The molecule has 0 atom stereocenters. The molecule has 0 aliphatic carbocycles. The zero-order valence-electron chi connectivity index (χ0n) is 11.9. The van der Waals surface area contributed by atoms with E-state index in [-0.39, 0.29) is 0 Å². The highest BCUT2D eigenvalue weighted by molar-refractivity contribution is 5.61. The zero-order valence-corrected chi connectivity index (χ0v) is 11.9. The van der Waals surface area contributed by atoms with Crippen LogP contribution in [0, 0.1) is 0 Å². The van der Waals surface area contributed by atoms with Gasteiger partial charge < -0.3 is 5.32 Å². The van der Waals surface area contributed by atoms with Crippen LogP contribution >= 0.6 is 0 Å². The molecule has 0 aliphatic rings. The smallest absolute Gasteiger partial charge is 0.158 e. The van der Waals surface area contributed by atoms with E-state index < -0.39 is 0 Å². The maximum Gasteiger partial charge on any atom is 0.158 e. The van der Waals surface area contributed by atoms with Gasteiger partial charge in [-0.3, -0.25) is 0 Å². The molecule has 1 N–H and O–H groups in total. The molecule has 5 nitrogen and oxygen atoms in total. The van der Waals surface area contributed by atoms with E-state index in [1.165, 1.54) is 0 Å². The Bertz CT molecular complexity index is 705. The van der Waals surface area contributed by atoms with Crippen molar-refractivity contribution in [3.05, 3.63) is 55.1 Å². The Morgan fingerprint density at radius 3 is 2.76 bits per heavy atom. The summed E-state index contributed by atoms with van der Waals surface area (Å²) in [6.07, 6.45) is 6.42. The zero-order chi connectivity index (χ0) is 14.5. The predicted molar refractivity (Wildman–Crippen MR) is 83.4 cm³/mol. The summed E-state index contributed by atoms with van der Waals surface area (Å²) in [6.45, 7) is 3.01. The van der Waals surface area contributed by atoms with E-state index in [0.717, 1.165) is 35.7 Å². The number of nitrogens with one attached hydrogen (secondary N) is 1. The Balaban J connectivity index is 1.86. The first-order valence-corrected chi connectivity index (χ1v) is 7.03. The molecule has 5 heteroatoms. The molecule has 0 bridgehead atoms. The van der Waals surface area contributed by atoms with Crippen molar-refractivity contribution < 1.29 is 0 Å². The van der Waals surface area contributed by atoms with Gasteiger partial charge in [-0.25, -0.2) is 14.6 Å². The molecule has 0 saturated heterocycles. The third-order valence-electron chi connectivity index (χ3n) is 3.13. The Morgan fingerprint density at radius 1 is 1.10 bits per heavy atom. The van der Waals surface area contributed by atoms with Gasteiger partial charge in [0.2, 0.25) is 0 Å². The SMILES string of the molecule is CCCNc1cc(-n2cc(-c3ccccc3)cn2)ncn1. The van der Waals surface area contributed by atoms with Gasteiger partial charge in [-0.05, 0) is 12.0 Å². The molecule has 2 heterocycles. The Hall–Kier alpha value is -2.69. The van der Waals surface area contributed by atoms with Gasteiger partial charge in [0.15, 0.2) is 5.82 Å². The number of nitrogens with zero attached hydrogens (tertiary/aromatic N) is 4. The average molecular weight is 279 g/mol. The van der Waals surface area contributed by atoms with Crippen LogP contribution in [0.5, 0.6) is 0 Å². The molecule has 0 radical (unpaired) electrons. The molecule has 0 spiro atoms. The molecule has 21 heavy (non-hydrogen) atoms. The lowest BCUT2D eigenvalue weighted by atomic mass is 10.1. The third-order valence-corrected chi connectivity index (χ3v) is 3.13. The highest BCUT2D eigenvalue weighted by atomic mass is 15.3. The van der Waals surface area contributed by atoms with E-state index in [1.807, 2.05) is 36.7 Å². The van der Waals surface area contributed by atoms with E-state index in [4.69, 9.17) is 0 Å². The first-order valence-electron chi connectivity index (χ1n) is 7.03. The topological polar surface area (TPSA) is 55.6 Å². The van der Waals surface area contributed by atoms with Crippen LogP contribution < -0.4 is 5.32 Å². The lowest BCUT2D eigenvalue weighted by molar-refractivity contribution is 0.838. The second kappa shape index (κ2) is 6.17. The maximum atomic E-state index is 4.38. The molecule has 3 rings (SSSR count). The fourth-order valence-electron chi connectivity index (χ4n) is 2.05. The van der Waals surface area contributed by atoms with Crippen LogP contribution in [-0.4, -0.2) is 26.3 Å². The molecule has 0 aliphatic heterocycles. The van der Waals surface area contributed by atoms with E-state index in [2.05, 4.69) is 39.4 Å². The van der Waals surface area contributed by atoms with Crippen molar-refractivity contribution >= 4 is 5.82 Å². The van der Waals surface area contributed by atoms with Crippen molar-refractivity contribution in [1.29, 1.82) is 0 Å². The summed E-state index contributed by atoms with van der Waals surface area (Å²) in [6, 6.07) is 12.1. The van der Waals surface area contributed by atoms with Crippen LogP contribution in [0.4, 0.5) is 5.82 Å². The molecule has 0 unspecified atom stereocenters. The largest absolute Gasteiger partial charge is 0.370 e. The first-order chi connectivity index (χ1) is 10.4. The van der Waals surface area contributed by atoms with Gasteiger partial charge in [-0.2, -0.15) is 5.10 Å². The van der Waals surface area contributed by atoms with E-state index in [1.54, 1.807) is 11.0 Å². The average Bonchev–Trinajstić information content (AvgIpc) is 3.04. The van der Waals surface area contributed by atoms with Crippen LogP contribution in [0.25, 0.3) is 16.9 Å². The van der Waals surface area contributed by atoms with Gasteiger partial charge in [0.25, 0.3) is 0 Å². The third kappa shape index (κ3) is 3.08. The fraction of sp³-hybridized carbons (Fsp3) is 0.188. The summed E-state index contributed by atoms with van der Waals surface area (Å²) in [5, 5.41) is 7.63. The van der Waals surface area contributed by atoms with Gasteiger partial charge in [-0.15, -0.1) is 0 Å². The first kappa shape index (κ1) is 13.3. The molecular weight excluding hydrogens is 262 g/mol. The number of rotatable bonds is 5. The second-order valence-corrected chi connectivity index (χ2v) is 4.73. The van der Waals surface area contributed by atoms with Crippen LogP contribution in [0.1, 0.15) is 13.3 Å². The molecule has 0 fully saturated rings. The summed E-state index contributed by atoms with van der Waals surface area (Å²) >= 11 is 0. The van der Waals surface area contributed by atoms with E-state index in [9.17, 15) is 0 Å². The van der Waals surface area contributed by atoms with Crippen molar-refractivity contribution in [2.75, 3.05) is 11.9 Å². The maximum absolute atomic E-state index is 4.38. The lowest BCUT2D eigenvalue weighted by Crippen LogP contribution is -2.05. The summed E-state index contributed by atoms with van der Waals surface area (Å²) in [5.41, 5.74) is 2.21. The van der Waals surface area contributed by atoms with Crippen LogP contribution in [0.15, 0.2) is 55.1 Å². The van der Waals surface area contributed by atoms with Crippen LogP contribution in [-0.2, 0) is 0 Å². The number of anilines is 1. The molecule has 2 aromatic heterocycles. The van der Waals surface area contributed by atoms with Crippen LogP contribution in [0.2, 0.25) is 0 Å².